The molecule has 1 aliphatic rings. The number of hydrogen-bond donors (Lipinski definition) is 3. The van der Waals surface area contributed by atoms with Crippen molar-refractivity contribution < 1.29 is 20.2 Å². The molecule has 62 valence electrons. The Labute approximate surface area is 63.2 Å². The van der Waals surface area contributed by atoms with Crippen LogP contribution in [0.5, 0.6) is 0 Å². The Bertz CT molecular complexity index is 199. The summed E-state index contributed by atoms with van der Waals surface area (Å²) in [7, 11) is 0. The standard InChI is InChI=1S/C6H9NO4/c8-2-5-6(9)4(1-7-10)3-11-5/h1,4,8-10H,2-3H2/b7-1+. The largest absolute Gasteiger partial charge is 0.508 e. The lowest BCUT2D eigenvalue weighted by Crippen LogP contribution is -2.05. The molecule has 0 radical (unpaired) electrons. The normalized spacial score (nSPS) is 24.6. The lowest BCUT2D eigenvalue weighted by Gasteiger charge is -1.96. The first-order valence-corrected chi connectivity index (χ1v) is 3.12. The number of aliphatic hydroxyl groups excluding tert-OH is 2. The smallest absolute Gasteiger partial charge is 0.159 e. The van der Waals surface area contributed by atoms with Gasteiger partial charge in [-0.15, -0.1) is 5.16 Å². The van der Waals surface area contributed by atoms with Crippen LogP contribution in [0.3, 0.4) is 0 Å². The summed E-state index contributed by atoms with van der Waals surface area (Å²) in [4.78, 5) is 0. The van der Waals surface area contributed by atoms with Crippen LogP contribution in [-0.4, -0.2) is 34.8 Å². The SMILES string of the molecule is OCC1=C(O)C(/C=N/O)CO1. The summed E-state index contributed by atoms with van der Waals surface area (Å²) >= 11 is 0. The maximum Gasteiger partial charge on any atom is 0.159 e. The summed E-state index contributed by atoms with van der Waals surface area (Å²) in [5.74, 6) is -0.345. The zero-order valence-corrected chi connectivity index (χ0v) is 5.77. The molecular weight excluding hydrogens is 150 g/mol. The van der Waals surface area contributed by atoms with Gasteiger partial charge in [0, 0.05) is 0 Å². The molecule has 0 aromatic heterocycles. The van der Waals surface area contributed by atoms with Crippen molar-refractivity contribution in [3.05, 3.63) is 11.5 Å². The lowest BCUT2D eigenvalue weighted by atomic mass is 10.1. The van der Waals surface area contributed by atoms with Gasteiger partial charge in [0.15, 0.2) is 5.76 Å². The third-order valence-electron chi connectivity index (χ3n) is 1.46. The van der Waals surface area contributed by atoms with E-state index in [1.807, 2.05) is 0 Å². The topological polar surface area (TPSA) is 82.3 Å². The van der Waals surface area contributed by atoms with Gasteiger partial charge in [-0.3, -0.25) is 0 Å². The van der Waals surface area contributed by atoms with Gasteiger partial charge in [0.2, 0.25) is 0 Å². The van der Waals surface area contributed by atoms with Gasteiger partial charge in [0.25, 0.3) is 0 Å². The molecule has 0 aliphatic carbocycles. The average molecular weight is 159 g/mol. The Balaban J connectivity index is 2.68. The molecule has 0 spiro atoms. The van der Waals surface area contributed by atoms with E-state index >= 15 is 0 Å². The molecule has 0 bridgehead atoms. The Hall–Kier alpha value is -1.23. The van der Waals surface area contributed by atoms with E-state index in [9.17, 15) is 5.11 Å². The molecule has 0 aromatic rings. The predicted molar refractivity (Wildman–Crippen MR) is 36.5 cm³/mol. The van der Waals surface area contributed by atoms with Crippen molar-refractivity contribution in [1.29, 1.82) is 0 Å². The highest BCUT2D eigenvalue weighted by Crippen LogP contribution is 2.20. The first-order valence-electron chi connectivity index (χ1n) is 3.12. The first kappa shape index (κ1) is 7.87. The number of nitrogens with zero attached hydrogens (tertiary/aromatic N) is 1. The van der Waals surface area contributed by atoms with Crippen LogP contribution in [0.25, 0.3) is 0 Å². The van der Waals surface area contributed by atoms with Crippen LogP contribution in [0.15, 0.2) is 16.7 Å². The first-order chi connectivity index (χ1) is 5.29. The van der Waals surface area contributed by atoms with Gasteiger partial charge in [-0.25, -0.2) is 0 Å². The Kier molecular flexibility index (Phi) is 2.32. The monoisotopic (exact) mass is 159 g/mol. The number of oxime groups is 1. The van der Waals surface area contributed by atoms with Gasteiger partial charge in [-0.2, -0.15) is 0 Å². The summed E-state index contributed by atoms with van der Waals surface area (Å²) < 4.78 is 4.86. The number of ether oxygens (including phenoxy) is 1. The molecule has 1 heterocycles. The summed E-state index contributed by atoms with van der Waals surface area (Å²) in [6.07, 6.45) is 1.15. The molecule has 0 aromatic carbocycles. The van der Waals surface area contributed by atoms with Crippen LogP contribution in [0.1, 0.15) is 0 Å². The van der Waals surface area contributed by atoms with E-state index in [0.29, 0.717) is 0 Å². The lowest BCUT2D eigenvalue weighted by molar-refractivity contribution is 0.178. The van der Waals surface area contributed by atoms with Crippen molar-refractivity contribution in [2.45, 2.75) is 0 Å². The van der Waals surface area contributed by atoms with E-state index in [2.05, 4.69) is 5.16 Å². The van der Waals surface area contributed by atoms with Crippen LogP contribution in [0.4, 0.5) is 0 Å². The highest BCUT2D eigenvalue weighted by atomic mass is 16.5. The Morgan fingerprint density at radius 1 is 1.73 bits per heavy atom. The zero-order chi connectivity index (χ0) is 8.27. The predicted octanol–water partition coefficient (Wildman–Crippen LogP) is -0.145. The number of hydrogen-bond acceptors (Lipinski definition) is 5. The quantitative estimate of drug-likeness (QED) is 0.297. The molecule has 5 heteroatoms. The van der Waals surface area contributed by atoms with Gasteiger partial charge in [0.05, 0.1) is 12.1 Å². The minimum Gasteiger partial charge on any atom is -0.508 e. The second-order valence-corrected chi connectivity index (χ2v) is 2.15. The van der Waals surface area contributed by atoms with E-state index in [1.54, 1.807) is 0 Å². The summed E-state index contributed by atoms with van der Waals surface area (Å²) in [6, 6.07) is 0. The van der Waals surface area contributed by atoms with E-state index in [0.717, 1.165) is 6.21 Å². The highest BCUT2D eigenvalue weighted by molar-refractivity contribution is 5.64. The van der Waals surface area contributed by atoms with Crippen molar-refractivity contribution >= 4 is 6.21 Å². The molecule has 5 nitrogen and oxygen atoms in total. The molecule has 3 N–H and O–H groups in total. The van der Waals surface area contributed by atoms with E-state index in [-0.39, 0.29) is 24.7 Å². The van der Waals surface area contributed by atoms with Gasteiger partial charge in [-0.1, -0.05) is 0 Å². The molecule has 0 saturated heterocycles. The minimum absolute atomic E-state index is 0.0645. The second kappa shape index (κ2) is 3.25. The fourth-order valence-corrected chi connectivity index (χ4v) is 0.871. The maximum atomic E-state index is 9.17. The van der Waals surface area contributed by atoms with Crippen LogP contribution in [0.2, 0.25) is 0 Å². The molecule has 0 saturated carbocycles. The molecule has 1 unspecified atom stereocenters. The molecular formula is C6H9NO4. The number of rotatable bonds is 2. The van der Waals surface area contributed by atoms with Crippen molar-refractivity contribution in [2.75, 3.05) is 13.2 Å². The summed E-state index contributed by atoms with van der Waals surface area (Å²) in [6.45, 7) is -0.118. The van der Waals surface area contributed by atoms with Crippen molar-refractivity contribution in [3.63, 3.8) is 0 Å². The summed E-state index contributed by atoms with van der Waals surface area (Å²) in [5.41, 5.74) is 0. The third-order valence-corrected chi connectivity index (χ3v) is 1.46. The average Bonchev–Trinajstić information content (AvgIpc) is 2.34. The Morgan fingerprint density at radius 3 is 2.91 bits per heavy atom. The van der Waals surface area contributed by atoms with E-state index < -0.39 is 5.92 Å². The third kappa shape index (κ3) is 1.43. The highest BCUT2D eigenvalue weighted by Gasteiger charge is 2.24. The molecule has 0 amide bonds. The molecule has 1 rings (SSSR count). The van der Waals surface area contributed by atoms with Crippen molar-refractivity contribution in [1.82, 2.24) is 0 Å². The van der Waals surface area contributed by atoms with Gasteiger partial charge in [0.1, 0.15) is 19.0 Å². The maximum absolute atomic E-state index is 9.17. The van der Waals surface area contributed by atoms with Crippen LogP contribution in [-0.2, 0) is 4.74 Å². The van der Waals surface area contributed by atoms with Crippen LogP contribution >= 0.6 is 0 Å². The van der Waals surface area contributed by atoms with Crippen LogP contribution < -0.4 is 0 Å². The van der Waals surface area contributed by atoms with E-state index in [4.69, 9.17) is 15.1 Å². The van der Waals surface area contributed by atoms with E-state index in [1.165, 1.54) is 0 Å². The molecule has 11 heavy (non-hydrogen) atoms. The molecule has 0 fully saturated rings. The van der Waals surface area contributed by atoms with Gasteiger partial charge >= 0.3 is 0 Å². The molecule has 1 atom stereocenters. The summed E-state index contributed by atoms with van der Waals surface area (Å²) in [5, 5.41) is 28.6. The number of aliphatic hydroxyl groups is 2. The van der Waals surface area contributed by atoms with Crippen molar-refractivity contribution in [2.24, 2.45) is 11.1 Å². The van der Waals surface area contributed by atoms with Gasteiger partial charge in [-0.05, 0) is 0 Å². The zero-order valence-electron chi connectivity index (χ0n) is 5.77. The van der Waals surface area contributed by atoms with Crippen molar-refractivity contribution in [3.8, 4) is 0 Å². The van der Waals surface area contributed by atoms with Gasteiger partial charge < -0.3 is 20.2 Å². The fourth-order valence-electron chi connectivity index (χ4n) is 0.871. The second-order valence-electron chi connectivity index (χ2n) is 2.15. The van der Waals surface area contributed by atoms with Crippen LogP contribution in [0, 0.1) is 5.92 Å². The fraction of sp³-hybridized carbons (Fsp3) is 0.500. The minimum atomic E-state index is -0.429. The Morgan fingerprint density at radius 2 is 2.45 bits per heavy atom. The molecule has 1 aliphatic heterocycles.